The molecular formula is C14H30N2. The van der Waals surface area contributed by atoms with Crippen LogP contribution in [0.15, 0.2) is 0 Å². The molecule has 0 saturated heterocycles. The Kier molecular flexibility index (Phi) is 7.06. The zero-order chi connectivity index (χ0) is 11.7. The van der Waals surface area contributed by atoms with Gasteiger partial charge in [-0.05, 0) is 44.2 Å². The van der Waals surface area contributed by atoms with Crippen LogP contribution >= 0.6 is 0 Å². The predicted molar refractivity (Wildman–Crippen MR) is 71.6 cm³/mol. The summed E-state index contributed by atoms with van der Waals surface area (Å²) >= 11 is 0. The Hall–Kier alpha value is -0.0800. The summed E-state index contributed by atoms with van der Waals surface area (Å²) < 4.78 is 0. The van der Waals surface area contributed by atoms with E-state index >= 15 is 0 Å². The highest BCUT2D eigenvalue weighted by atomic mass is 14.9. The molecule has 1 aliphatic carbocycles. The van der Waals surface area contributed by atoms with E-state index in [4.69, 9.17) is 5.73 Å². The van der Waals surface area contributed by atoms with Crippen molar-refractivity contribution in [3.05, 3.63) is 0 Å². The van der Waals surface area contributed by atoms with Gasteiger partial charge in [-0.2, -0.15) is 0 Å². The molecule has 2 nitrogen and oxygen atoms in total. The Labute approximate surface area is 101 Å². The number of unbranched alkanes of at least 4 members (excludes halogenated alkanes) is 3. The van der Waals surface area contributed by atoms with Gasteiger partial charge in [0.25, 0.3) is 0 Å². The first-order chi connectivity index (χ1) is 7.77. The Morgan fingerprint density at radius 3 is 2.38 bits per heavy atom. The van der Waals surface area contributed by atoms with E-state index < -0.39 is 0 Å². The molecule has 0 heterocycles. The normalized spacial score (nSPS) is 19.9. The van der Waals surface area contributed by atoms with Crippen LogP contribution in [0, 0.1) is 5.41 Å². The molecule has 1 saturated carbocycles. The van der Waals surface area contributed by atoms with Gasteiger partial charge in [-0.25, -0.2) is 0 Å². The number of hydrogen-bond donors (Lipinski definition) is 2. The van der Waals surface area contributed by atoms with Crippen molar-refractivity contribution in [2.24, 2.45) is 11.1 Å². The third-order valence-electron chi connectivity index (χ3n) is 3.92. The molecule has 2 heteroatoms. The molecule has 1 aliphatic rings. The minimum Gasteiger partial charge on any atom is -0.330 e. The van der Waals surface area contributed by atoms with Gasteiger partial charge < -0.3 is 11.1 Å². The van der Waals surface area contributed by atoms with Gasteiger partial charge in [-0.3, -0.25) is 0 Å². The van der Waals surface area contributed by atoms with Gasteiger partial charge in [0.2, 0.25) is 0 Å². The summed E-state index contributed by atoms with van der Waals surface area (Å²) in [6.07, 6.45) is 12.3. The molecule has 1 fully saturated rings. The van der Waals surface area contributed by atoms with E-state index in [0.717, 1.165) is 6.54 Å². The van der Waals surface area contributed by atoms with Crippen molar-refractivity contribution < 1.29 is 0 Å². The van der Waals surface area contributed by atoms with Crippen molar-refractivity contribution in [1.82, 2.24) is 5.32 Å². The molecule has 0 spiro atoms. The van der Waals surface area contributed by atoms with Crippen LogP contribution in [0.3, 0.4) is 0 Å². The van der Waals surface area contributed by atoms with Crippen LogP contribution in [0.2, 0.25) is 0 Å². The Balaban J connectivity index is 1.93. The molecule has 96 valence electrons. The summed E-state index contributed by atoms with van der Waals surface area (Å²) in [4.78, 5) is 0. The monoisotopic (exact) mass is 226 g/mol. The Bertz CT molecular complexity index is 162. The van der Waals surface area contributed by atoms with Crippen molar-refractivity contribution >= 4 is 0 Å². The lowest BCUT2D eigenvalue weighted by molar-refractivity contribution is 0.208. The van der Waals surface area contributed by atoms with Gasteiger partial charge in [0.15, 0.2) is 0 Å². The molecule has 0 aromatic carbocycles. The number of rotatable bonds is 8. The van der Waals surface area contributed by atoms with E-state index in [9.17, 15) is 0 Å². The molecule has 0 unspecified atom stereocenters. The third kappa shape index (κ3) is 5.86. The van der Waals surface area contributed by atoms with Crippen LogP contribution in [0.1, 0.15) is 64.7 Å². The van der Waals surface area contributed by atoms with Gasteiger partial charge in [0.05, 0.1) is 0 Å². The van der Waals surface area contributed by atoms with E-state index in [1.54, 1.807) is 0 Å². The SMILES string of the molecule is CC1(CNCCCCCCN)CCCCC1. The summed E-state index contributed by atoms with van der Waals surface area (Å²) in [6.45, 7) is 5.73. The minimum atomic E-state index is 0.593. The smallest absolute Gasteiger partial charge is 0.000516 e. The predicted octanol–water partition coefficient (Wildman–Crippen LogP) is 3.07. The van der Waals surface area contributed by atoms with Gasteiger partial charge in [-0.1, -0.05) is 39.0 Å². The highest BCUT2D eigenvalue weighted by molar-refractivity contribution is 4.80. The lowest BCUT2D eigenvalue weighted by Gasteiger charge is -2.33. The number of nitrogens with two attached hydrogens (primary N) is 1. The fraction of sp³-hybridized carbons (Fsp3) is 1.00. The van der Waals surface area contributed by atoms with Crippen LogP contribution < -0.4 is 11.1 Å². The molecule has 0 aromatic rings. The quantitative estimate of drug-likeness (QED) is 0.624. The topological polar surface area (TPSA) is 38.0 Å². The fourth-order valence-corrected chi connectivity index (χ4v) is 2.72. The average molecular weight is 226 g/mol. The highest BCUT2D eigenvalue weighted by Gasteiger charge is 2.25. The van der Waals surface area contributed by atoms with Crippen LogP contribution in [0.4, 0.5) is 0 Å². The van der Waals surface area contributed by atoms with Crippen LogP contribution in [0.5, 0.6) is 0 Å². The van der Waals surface area contributed by atoms with Crippen LogP contribution in [-0.2, 0) is 0 Å². The lowest BCUT2D eigenvalue weighted by atomic mass is 9.76. The van der Waals surface area contributed by atoms with E-state index in [1.165, 1.54) is 70.9 Å². The molecule has 0 aromatic heterocycles. The molecule has 1 rings (SSSR count). The second kappa shape index (κ2) is 8.08. The number of hydrogen-bond acceptors (Lipinski definition) is 2. The largest absolute Gasteiger partial charge is 0.330 e. The third-order valence-corrected chi connectivity index (χ3v) is 3.92. The molecule has 3 N–H and O–H groups in total. The van der Waals surface area contributed by atoms with Crippen molar-refractivity contribution in [3.63, 3.8) is 0 Å². The lowest BCUT2D eigenvalue weighted by Crippen LogP contribution is -2.34. The maximum absolute atomic E-state index is 5.47. The maximum Gasteiger partial charge on any atom is 0.000516 e. The van der Waals surface area contributed by atoms with Gasteiger partial charge in [-0.15, -0.1) is 0 Å². The molecule has 0 radical (unpaired) electrons. The van der Waals surface area contributed by atoms with Crippen molar-refractivity contribution in [3.8, 4) is 0 Å². The van der Waals surface area contributed by atoms with Crippen molar-refractivity contribution in [1.29, 1.82) is 0 Å². The molecule has 0 bridgehead atoms. The van der Waals surface area contributed by atoms with Crippen molar-refractivity contribution in [2.45, 2.75) is 64.7 Å². The summed E-state index contributed by atoms with van der Waals surface area (Å²) in [5, 5.41) is 3.64. The van der Waals surface area contributed by atoms with Crippen LogP contribution in [-0.4, -0.2) is 19.6 Å². The molecule has 0 amide bonds. The fourth-order valence-electron chi connectivity index (χ4n) is 2.72. The van der Waals surface area contributed by atoms with Gasteiger partial charge in [0, 0.05) is 6.54 Å². The summed E-state index contributed by atoms with van der Waals surface area (Å²) in [5.41, 5.74) is 6.06. The molecular weight excluding hydrogens is 196 g/mol. The molecule has 0 atom stereocenters. The molecule has 0 aliphatic heterocycles. The maximum atomic E-state index is 5.47. The van der Waals surface area contributed by atoms with Crippen molar-refractivity contribution in [2.75, 3.05) is 19.6 Å². The second-order valence-corrected chi connectivity index (χ2v) is 5.75. The zero-order valence-corrected chi connectivity index (χ0v) is 11.1. The summed E-state index contributed by atoms with van der Waals surface area (Å²) in [6, 6.07) is 0. The Morgan fingerprint density at radius 2 is 1.69 bits per heavy atom. The summed E-state index contributed by atoms with van der Waals surface area (Å²) in [5.74, 6) is 0. The summed E-state index contributed by atoms with van der Waals surface area (Å²) in [7, 11) is 0. The standard InChI is InChI=1S/C14H30N2/c1-14(9-5-4-6-10-14)13-16-12-8-3-2-7-11-15/h16H,2-13,15H2,1H3. The second-order valence-electron chi connectivity index (χ2n) is 5.75. The highest BCUT2D eigenvalue weighted by Crippen LogP contribution is 2.34. The van der Waals surface area contributed by atoms with E-state index in [1.807, 2.05) is 0 Å². The minimum absolute atomic E-state index is 0.593. The zero-order valence-electron chi connectivity index (χ0n) is 11.1. The van der Waals surface area contributed by atoms with Gasteiger partial charge in [0.1, 0.15) is 0 Å². The molecule has 16 heavy (non-hydrogen) atoms. The van der Waals surface area contributed by atoms with E-state index in [0.29, 0.717) is 5.41 Å². The van der Waals surface area contributed by atoms with Crippen LogP contribution in [0.25, 0.3) is 0 Å². The Morgan fingerprint density at radius 1 is 1.00 bits per heavy atom. The first-order valence-electron chi connectivity index (χ1n) is 7.18. The van der Waals surface area contributed by atoms with Gasteiger partial charge >= 0.3 is 0 Å². The first kappa shape index (κ1) is 14.0. The van der Waals surface area contributed by atoms with E-state index in [-0.39, 0.29) is 0 Å². The van der Waals surface area contributed by atoms with E-state index in [2.05, 4.69) is 12.2 Å². The average Bonchev–Trinajstić information content (AvgIpc) is 2.29. The first-order valence-corrected chi connectivity index (χ1v) is 7.18. The number of nitrogens with one attached hydrogen (secondary N) is 1.